The molecule has 0 heterocycles. The Morgan fingerprint density at radius 1 is 1.26 bits per heavy atom. The van der Waals surface area contributed by atoms with E-state index in [0.717, 1.165) is 12.1 Å². The molecule has 0 radical (unpaired) electrons. The second kappa shape index (κ2) is 12.3. The molecule has 1 aliphatic rings. The highest BCUT2D eigenvalue weighted by Gasteiger charge is 2.33. The number of alkyl halides is 3. The molecule has 34 heavy (non-hydrogen) atoms. The summed E-state index contributed by atoms with van der Waals surface area (Å²) in [6.07, 6.45) is -2.01. The van der Waals surface area contributed by atoms with E-state index in [2.05, 4.69) is 20.4 Å². The fraction of sp³-hybridized carbons (Fsp3) is 0.500. The summed E-state index contributed by atoms with van der Waals surface area (Å²) in [5.41, 5.74) is 0.103. The van der Waals surface area contributed by atoms with Gasteiger partial charge in [0.05, 0.1) is 25.0 Å². The van der Waals surface area contributed by atoms with Crippen molar-refractivity contribution >= 4 is 17.6 Å². The minimum absolute atomic E-state index is 0.137. The van der Waals surface area contributed by atoms with Gasteiger partial charge in [0.25, 0.3) is 5.91 Å². The smallest absolute Gasteiger partial charge is 0.501 e. The third-order valence-corrected chi connectivity index (χ3v) is 4.85. The van der Waals surface area contributed by atoms with Crippen molar-refractivity contribution in [3.63, 3.8) is 0 Å². The summed E-state index contributed by atoms with van der Waals surface area (Å²) in [7, 11) is 1.51. The Labute approximate surface area is 195 Å². The molecule has 1 fully saturated rings. The number of amides is 3. The van der Waals surface area contributed by atoms with Crippen molar-refractivity contribution in [2.24, 2.45) is 4.99 Å². The third-order valence-electron chi connectivity index (χ3n) is 4.85. The van der Waals surface area contributed by atoms with Crippen molar-refractivity contribution in [2.75, 3.05) is 20.3 Å². The fourth-order valence-electron chi connectivity index (χ4n) is 3.36. The van der Waals surface area contributed by atoms with Gasteiger partial charge in [-0.1, -0.05) is 0 Å². The molecule has 2 atom stereocenters. The molecule has 2 unspecified atom stereocenters. The minimum atomic E-state index is -4.98. The van der Waals surface area contributed by atoms with E-state index in [1.807, 2.05) is 0 Å². The van der Waals surface area contributed by atoms with Gasteiger partial charge in [-0.15, -0.1) is 13.2 Å². The number of urea groups is 1. The fourth-order valence-corrected chi connectivity index (χ4v) is 3.36. The minimum Gasteiger partial charge on any atom is -0.501 e. The largest absolute Gasteiger partial charge is 0.573 e. The zero-order chi connectivity index (χ0) is 25.3. The van der Waals surface area contributed by atoms with Gasteiger partial charge in [-0.05, 0) is 51.0 Å². The van der Waals surface area contributed by atoms with Crippen molar-refractivity contribution in [3.05, 3.63) is 35.6 Å². The van der Waals surface area contributed by atoms with Crippen LogP contribution in [0.3, 0.4) is 0 Å². The number of halogens is 3. The molecule has 2 rings (SSSR count). The first kappa shape index (κ1) is 27.0. The lowest BCUT2D eigenvalue weighted by Gasteiger charge is -2.17. The van der Waals surface area contributed by atoms with Crippen molar-refractivity contribution in [2.45, 2.75) is 51.6 Å². The van der Waals surface area contributed by atoms with Crippen LogP contribution in [0.4, 0.5) is 18.0 Å². The molecule has 9 nitrogen and oxygen atoms in total. The quantitative estimate of drug-likeness (QED) is 0.363. The molecule has 0 aromatic heterocycles. The van der Waals surface area contributed by atoms with E-state index < -0.39 is 24.1 Å². The first-order chi connectivity index (χ1) is 16.0. The van der Waals surface area contributed by atoms with Crippen LogP contribution >= 0.6 is 0 Å². The van der Waals surface area contributed by atoms with Crippen LogP contribution in [0.15, 0.2) is 35.0 Å². The Balaban J connectivity index is 2.03. The van der Waals surface area contributed by atoms with E-state index in [9.17, 15) is 22.8 Å². The predicted molar refractivity (Wildman–Crippen MR) is 117 cm³/mol. The maximum atomic E-state index is 12.7. The molecular weight excluding hydrogens is 459 g/mol. The molecule has 0 spiro atoms. The second-order valence-corrected chi connectivity index (χ2v) is 7.60. The van der Waals surface area contributed by atoms with Crippen molar-refractivity contribution < 1.29 is 42.1 Å². The van der Waals surface area contributed by atoms with E-state index >= 15 is 0 Å². The van der Waals surface area contributed by atoms with Gasteiger partial charge in [0, 0.05) is 24.7 Å². The lowest BCUT2D eigenvalue weighted by molar-refractivity contribution is -0.274. The Kier molecular flexibility index (Phi) is 9.72. The van der Waals surface area contributed by atoms with E-state index in [-0.39, 0.29) is 36.6 Å². The van der Waals surface area contributed by atoms with Gasteiger partial charge in [-0.3, -0.25) is 4.79 Å². The molecule has 1 aliphatic carbocycles. The number of carbonyl (C=O) groups is 2. The Morgan fingerprint density at radius 2 is 2.00 bits per heavy atom. The van der Waals surface area contributed by atoms with Gasteiger partial charge in [0.1, 0.15) is 17.6 Å². The van der Waals surface area contributed by atoms with Crippen LogP contribution < -0.4 is 20.1 Å². The molecule has 12 heteroatoms. The summed E-state index contributed by atoms with van der Waals surface area (Å²) in [5.74, 6) is -0.742. The number of aliphatic hydroxyl groups is 1. The van der Waals surface area contributed by atoms with Crippen LogP contribution in [0.5, 0.6) is 11.5 Å². The number of carbonyl (C=O) groups excluding carboxylic acids is 2. The van der Waals surface area contributed by atoms with Gasteiger partial charge < -0.3 is 30.0 Å². The molecule has 1 aromatic carbocycles. The van der Waals surface area contributed by atoms with E-state index in [1.165, 1.54) is 13.2 Å². The number of nitrogens with zero attached hydrogens (tertiary/aromatic N) is 1. The number of allylic oxidation sites excluding steroid dienone is 2. The number of methoxy groups -OCH3 is 1. The lowest BCUT2D eigenvalue weighted by Crippen LogP contribution is -2.32. The van der Waals surface area contributed by atoms with Crippen molar-refractivity contribution in [1.29, 1.82) is 0 Å². The molecule has 0 bridgehead atoms. The highest BCUT2D eigenvalue weighted by Crippen LogP contribution is 2.31. The van der Waals surface area contributed by atoms with Crippen LogP contribution in [0.25, 0.3) is 0 Å². The van der Waals surface area contributed by atoms with Gasteiger partial charge in [-0.2, -0.15) is 4.99 Å². The molecule has 1 saturated carbocycles. The van der Waals surface area contributed by atoms with E-state index in [1.54, 1.807) is 19.9 Å². The van der Waals surface area contributed by atoms with Crippen molar-refractivity contribution in [1.82, 2.24) is 10.6 Å². The van der Waals surface area contributed by atoms with Crippen molar-refractivity contribution in [3.8, 4) is 11.5 Å². The standard InChI is InChI=1S/C22H28F3N3O6/c1-13(10-14(2)32-3)27-21(31)28-15-4-5-16(11-15)33-17-6-7-19(34-22(23,24)25)18(12-17)20(30)26-8-9-29/h6-7,10,12,15-16,29H,4-5,8-9,11H2,1-3H3,(H,26,30)(H,28,31)/b14-10+,27-13?. The molecular formula is C22H28F3N3O6. The highest BCUT2D eigenvalue weighted by atomic mass is 19.4. The average Bonchev–Trinajstić information content (AvgIpc) is 3.18. The normalized spacial score (nSPS) is 18.9. The summed E-state index contributed by atoms with van der Waals surface area (Å²) in [6, 6.07) is 2.73. The number of ether oxygens (including phenoxy) is 3. The zero-order valence-corrected chi connectivity index (χ0v) is 19.1. The maximum absolute atomic E-state index is 12.7. The average molecular weight is 487 g/mol. The van der Waals surface area contributed by atoms with Crippen LogP contribution in [0.1, 0.15) is 43.5 Å². The summed E-state index contributed by atoms with van der Waals surface area (Å²) in [4.78, 5) is 28.3. The molecule has 0 aliphatic heterocycles. The Hall–Kier alpha value is -3.28. The number of hydrogen-bond acceptors (Lipinski definition) is 6. The van der Waals surface area contributed by atoms with Gasteiger partial charge in [0.15, 0.2) is 0 Å². The predicted octanol–water partition coefficient (Wildman–Crippen LogP) is 3.33. The van der Waals surface area contributed by atoms with E-state index in [0.29, 0.717) is 30.7 Å². The maximum Gasteiger partial charge on any atom is 0.573 e. The van der Waals surface area contributed by atoms with Gasteiger partial charge in [0.2, 0.25) is 0 Å². The second-order valence-electron chi connectivity index (χ2n) is 7.60. The Morgan fingerprint density at radius 3 is 2.65 bits per heavy atom. The summed E-state index contributed by atoms with van der Waals surface area (Å²) < 4.78 is 52.9. The zero-order valence-electron chi connectivity index (χ0n) is 19.1. The summed E-state index contributed by atoms with van der Waals surface area (Å²) in [6.45, 7) is 2.89. The monoisotopic (exact) mass is 487 g/mol. The van der Waals surface area contributed by atoms with Crippen LogP contribution in [-0.2, 0) is 4.74 Å². The molecule has 188 valence electrons. The van der Waals surface area contributed by atoms with Crippen LogP contribution in [-0.4, -0.2) is 61.5 Å². The number of aliphatic imine (C=N–C) groups is 1. The summed E-state index contributed by atoms with van der Waals surface area (Å²) in [5, 5.41) is 13.9. The third kappa shape index (κ3) is 8.93. The number of benzene rings is 1. The molecule has 3 N–H and O–H groups in total. The van der Waals surface area contributed by atoms with E-state index in [4.69, 9.17) is 14.6 Å². The molecule has 0 saturated heterocycles. The van der Waals surface area contributed by atoms with Gasteiger partial charge in [-0.25, -0.2) is 4.79 Å². The first-order valence-corrected chi connectivity index (χ1v) is 10.5. The lowest BCUT2D eigenvalue weighted by atomic mass is 10.1. The number of nitrogens with one attached hydrogen (secondary N) is 2. The molecule has 1 aromatic rings. The SMILES string of the molecule is CO/C(C)=C/C(C)=NC(=O)NC1CCC(Oc2ccc(OC(F)(F)F)c(C(=O)NCCO)c2)C1. The van der Waals surface area contributed by atoms with Crippen LogP contribution in [0.2, 0.25) is 0 Å². The topological polar surface area (TPSA) is 118 Å². The Bertz CT molecular complexity index is 933. The summed E-state index contributed by atoms with van der Waals surface area (Å²) >= 11 is 0. The molecule has 3 amide bonds. The first-order valence-electron chi connectivity index (χ1n) is 10.5. The highest BCUT2D eigenvalue weighted by molar-refractivity contribution is 6.00. The number of rotatable bonds is 9. The van der Waals surface area contributed by atoms with Gasteiger partial charge >= 0.3 is 12.4 Å². The number of aliphatic hydroxyl groups excluding tert-OH is 1. The number of hydrogen-bond donors (Lipinski definition) is 3. The van der Waals surface area contributed by atoms with Crippen LogP contribution in [0, 0.1) is 0 Å².